The lowest BCUT2D eigenvalue weighted by molar-refractivity contribution is -0.137. The lowest BCUT2D eigenvalue weighted by atomic mass is 9.95. The number of methoxy groups -OCH3 is 1. The Bertz CT molecular complexity index is 908. The van der Waals surface area contributed by atoms with Crippen molar-refractivity contribution in [3.63, 3.8) is 0 Å². The van der Waals surface area contributed by atoms with Crippen LogP contribution in [0.5, 0.6) is 0 Å². The summed E-state index contributed by atoms with van der Waals surface area (Å²) < 4.78 is 10.9. The Morgan fingerprint density at radius 3 is 2.77 bits per heavy atom. The number of carboxylic acid groups (broad SMARTS) is 1. The van der Waals surface area contributed by atoms with Gasteiger partial charge in [-0.2, -0.15) is 5.26 Å². The van der Waals surface area contributed by atoms with Gasteiger partial charge in [0.2, 0.25) is 0 Å². The van der Waals surface area contributed by atoms with E-state index < -0.39 is 5.97 Å². The van der Waals surface area contributed by atoms with E-state index in [1.54, 1.807) is 19.2 Å². The Morgan fingerprint density at radius 1 is 1.37 bits per heavy atom. The van der Waals surface area contributed by atoms with Gasteiger partial charge in [-0.3, -0.25) is 4.79 Å². The van der Waals surface area contributed by atoms with Crippen LogP contribution in [0.25, 0.3) is 0 Å². The summed E-state index contributed by atoms with van der Waals surface area (Å²) in [6, 6.07) is 15.4. The van der Waals surface area contributed by atoms with Crippen molar-refractivity contribution in [1.29, 1.82) is 5.26 Å². The van der Waals surface area contributed by atoms with Crippen LogP contribution in [-0.2, 0) is 14.3 Å². The Balaban J connectivity index is 1.96. The minimum atomic E-state index is -0.857. The van der Waals surface area contributed by atoms with Crippen molar-refractivity contribution in [2.45, 2.75) is 25.4 Å². The second-order valence-corrected chi connectivity index (χ2v) is 7.47. The molecule has 3 rings (SSSR count). The van der Waals surface area contributed by atoms with Crippen molar-refractivity contribution in [3.8, 4) is 6.07 Å². The van der Waals surface area contributed by atoms with Crippen LogP contribution in [0.4, 0.5) is 17.1 Å². The van der Waals surface area contributed by atoms with Crippen LogP contribution >= 0.6 is 0 Å². The summed E-state index contributed by atoms with van der Waals surface area (Å²) in [6.07, 6.45) is 0.132. The maximum Gasteiger partial charge on any atom is 0.304 e. The number of nitriles is 1. The molecule has 1 aliphatic heterocycles. The second-order valence-electron chi connectivity index (χ2n) is 7.47. The number of benzene rings is 2. The smallest absolute Gasteiger partial charge is 0.304 e. The van der Waals surface area contributed by atoms with E-state index in [0.29, 0.717) is 18.8 Å². The lowest BCUT2D eigenvalue weighted by Crippen LogP contribution is -2.41. The molecule has 2 atom stereocenters. The summed E-state index contributed by atoms with van der Waals surface area (Å²) in [6.45, 7) is 4.59. The molecule has 0 saturated carbocycles. The Hall–Kier alpha value is -3.08. The molecule has 7 heteroatoms. The SMILES string of the molecule is COCC(CC(=O)O)c1ccc(N2CCOC(C)C2)c(Nc2ccc(C#N)cc2)c1. The average molecular weight is 409 g/mol. The fraction of sp³-hybridized carbons (Fsp3) is 0.391. The number of anilines is 3. The van der Waals surface area contributed by atoms with Crippen LogP contribution in [0.2, 0.25) is 0 Å². The number of aliphatic carboxylic acids is 1. The number of hydrogen-bond acceptors (Lipinski definition) is 6. The van der Waals surface area contributed by atoms with Gasteiger partial charge in [0.15, 0.2) is 0 Å². The minimum Gasteiger partial charge on any atom is -0.481 e. The topological polar surface area (TPSA) is 94.8 Å². The molecule has 158 valence electrons. The number of nitrogens with zero attached hydrogens (tertiary/aromatic N) is 2. The predicted molar refractivity (Wildman–Crippen MR) is 115 cm³/mol. The third-order valence-electron chi connectivity index (χ3n) is 5.16. The summed E-state index contributed by atoms with van der Waals surface area (Å²) in [7, 11) is 1.58. The zero-order valence-corrected chi connectivity index (χ0v) is 17.3. The summed E-state index contributed by atoms with van der Waals surface area (Å²) >= 11 is 0. The Labute approximate surface area is 176 Å². The fourth-order valence-electron chi connectivity index (χ4n) is 3.69. The molecule has 2 aromatic carbocycles. The highest BCUT2D eigenvalue weighted by atomic mass is 16.5. The number of morpholine rings is 1. The van der Waals surface area contributed by atoms with Gasteiger partial charge in [-0.1, -0.05) is 6.07 Å². The summed E-state index contributed by atoms with van der Waals surface area (Å²) in [5.41, 5.74) is 4.27. The number of carbonyl (C=O) groups is 1. The maximum atomic E-state index is 11.3. The molecule has 0 spiro atoms. The first-order valence-electron chi connectivity index (χ1n) is 9.98. The largest absolute Gasteiger partial charge is 0.481 e. The first-order valence-corrected chi connectivity index (χ1v) is 9.98. The molecule has 1 fully saturated rings. The van der Waals surface area contributed by atoms with Crippen LogP contribution in [0.3, 0.4) is 0 Å². The van der Waals surface area contributed by atoms with E-state index in [0.717, 1.165) is 35.7 Å². The standard InChI is InChI=1S/C23H27N3O4/c1-16-14-26(9-10-30-16)22-8-5-18(19(15-29-2)12-23(27)28)11-21(22)25-20-6-3-17(13-24)4-7-20/h3-8,11,16,19,25H,9-10,12,14-15H2,1-2H3,(H,27,28). The van der Waals surface area contributed by atoms with E-state index in [4.69, 9.17) is 14.7 Å². The van der Waals surface area contributed by atoms with Gasteiger partial charge in [0, 0.05) is 31.8 Å². The number of carboxylic acids is 1. The molecule has 0 bridgehead atoms. The lowest BCUT2D eigenvalue weighted by Gasteiger charge is -2.34. The third-order valence-corrected chi connectivity index (χ3v) is 5.16. The van der Waals surface area contributed by atoms with Gasteiger partial charge in [0.25, 0.3) is 0 Å². The van der Waals surface area contributed by atoms with Crippen LogP contribution in [0, 0.1) is 11.3 Å². The molecule has 2 N–H and O–H groups in total. The highest BCUT2D eigenvalue weighted by Crippen LogP contribution is 2.34. The fourth-order valence-corrected chi connectivity index (χ4v) is 3.69. The van der Waals surface area contributed by atoms with Crippen molar-refractivity contribution < 1.29 is 19.4 Å². The van der Waals surface area contributed by atoms with Crippen molar-refractivity contribution in [1.82, 2.24) is 0 Å². The highest BCUT2D eigenvalue weighted by Gasteiger charge is 2.22. The summed E-state index contributed by atoms with van der Waals surface area (Å²) in [4.78, 5) is 13.6. The van der Waals surface area contributed by atoms with Gasteiger partial charge in [-0.05, 0) is 48.9 Å². The van der Waals surface area contributed by atoms with Crippen molar-refractivity contribution in [3.05, 3.63) is 53.6 Å². The Morgan fingerprint density at radius 2 is 2.13 bits per heavy atom. The number of rotatable bonds is 8. The van der Waals surface area contributed by atoms with Gasteiger partial charge >= 0.3 is 5.97 Å². The minimum absolute atomic E-state index is 0.00190. The molecule has 2 aromatic rings. The maximum absolute atomic E-state index is 11.3. The van der Waals surface area contributed by atoms with E-state index in [1.807, 2.05) is 30.3 Å². The van der Waals surface area contributed by atoms with E-state index in [-0.39, 0.29) is 18.4 Å². The first kappa shape index (κ1) is 21.6. The predicted octanol–water partition coefficient (Wildman–Crippen LogP) is 3.73. The molecule has 7 nitrogen and oxygen atoms in total. The molecule has 1 heterocycles. The molecular formula is C23H27N3O4. The van der Waals surface area contributed by atoms with Crippen LogP contribution < -0.4 is 10.2 Å². The second kappa shape index (κ2) is 10.1. The summed E-state index contributed by atoms with van der Waals surface area (Å²) in [5, 5.41) is 21.8. The number of hydrogen-bond donors (Lipinski definition) is 2. The third kappa shape index (κ3) is 5.50. The first-order chi connectivity index (χ1) is 14.5. The van der Waals surface area contributed by atoms with Gasteiger partial charge in [-0.15, -0.1) is 0 Å². The number of ether oxygens (including phenoxy) is 2. The Kier molecular flexibility index (Phi) is 7.28. The van der Waals surface area contributed by atoms with Gasteiger partial charge < -0.3 is 24.8 Å². The van der Waals surface area contributed by atoms with E-state index in [1.165, 1.54) is 0 Å². The molecular weight excluding hydrogens is 382 g/mol. The molecule has 30 heavy (non-hydrogen) atoms. The number of nitrogens with one attached hydrogen (secondary N) is 1. The molecule has 0 aromatic heterocycles. The molecule has 1 saturated heterocycles. The molecule has 0 aliphatic carbocycles. The van der Waals surface area contributed by atoms with Crippen molar-refractivity contribution in [2.24, 2.45) is 0 Å². The van der Waals surface area contributed by atoms with Crippen molar-refractivity contribution in [2.75, 3.05) is 43.6 Å². The quantitative estimate of drug-likeness (QED) is 0.686. The molecule has 2 unspecified atom stereocenters. The monoisotopic (exact) mass is 409 g/mol. The highest BCUT2D eigenvalue weighted by molar-refractivity contribution is 5.77. The van der Waals surface area contributed by atoms with E-state index in [9.17, 15) is 9.90 Å². The van der Waals surface area contributed by atoms with Crippen molar-refractivity contribution >= 4 is 23.0 Å². The van der Waals surface area contributed by atoms with Gasteiger partial charge in [0.05, 0.1) is 48.7 Å². The molecule has 1 aliphatic rings. The van der Waals surface area contributed by atoms with Crippen LogP contribution in [0.15, 0.2) is 42.5 Å². The van der Waals surface area contributed by atoms with Gasteiger partial charge in [-0.25, -0.2) is 0 Å². The van der Waals surface area contributed by atoms with E-state index in [2.05, 4.69) is 23.2 Å². The zero-order chi connectivity index (χ0) is 21.5. The molecule has 0 amide bonds. The van der Waals surface area contributed by atoms with Crippen LogP contribution in [0.1, 0.15) is 30.4 Å². The van der Waals surface area contributed by atoms with Crippen LogP contribution in [-0.4, -0.2) is 50.6 Å². The zero-order valence-electron chi connectivity index (χ0n) is 17.3. The van der Waals surface area contributed by atoms with E-state index >= 15 is 0 Å². The van der Waals surface area contributed by atoms with Gasteiger partial charge in [0.1, 0.15) is 0 Å². The molecule has 0 radical (unpaired) electrons. The summed E-state index contributed by atoms with van der Waals surface area (Å²) in [5.74, 6) is -1.10. The average Bonchev–Trinajstić information content (AvgIpc) is 2.73. The normalized spacial score (nSPS) is 17.2.